The first kappa shape index (κ1) is 14.7. The monoisotopic (exact) mass is 312 g/mol. The van der Waals surface area contributed by atoms with Gasteiger partial charge in [0.2, 0.25) is 5.88 Å². The van der Waals surface area contributed by atoms with Crippen LogP contribution in [0, 0.1) is 11.3 Å². The predicted molar refractivity (Wildman–Crippen MR) is 88.0 cm³/mol. The third-order valence-corrected chi connectivity index (χ3v) is 5.42. The summed E-state index contributed by atoms with van der Waals surface area (Å²) in [4.78, 5) is 6.87. The lowest BCUT2D eigenvalue weighted by Gasteiger charge is -2.28. The summed E-state index contributed by atoms with van der Waals surface area (Å²) < 4.78 is 7.92. The van der Waals surface area contributed by atoms with Crippen molar-refractivity contribution < 1.29 is 4.74 Å². The number of rotatable bonds is 5. The van der Waals surface area contributed by atoms with Gasteiger partial charge in [-0.2, -0.15) is 5.10 Å². The number of aromatic nitrogens is 3. The summed E-state index contributed by atoms with van der Waals surface area (Å²) in [5, 5.41) is 4.28. The number of pyridine rings is 1. The van der Waals surface area contributed by atoms with Gasteiger partial charge in [-0.1, -0.05) is 12.5 Å². The van der Waals surface area contributed by atoms with E-state index in [-0.39, 0.29) is 0 Å². The van der Waals surface area contributed by atoms with Gasteiger partial charge in [-0.3, -0.25) is 9.58 Å². The molecule has 2 fully saturated rings. The molecule has 1 saturated heterocycles. The summed E-state index contributed by atoms with van der Waals surface area (Å²) in [5.41, 5.74) is 1.60. The molecule has 0 aromatic carbocycles. The van der Waals surface area contributed by atoms with Crippen LogP contribution in [0.2, 0.25) is 0 Å². The number of likely N-dealkylation sites (tertiary alicyclic amines) is 1. The highest BCUT2D eigenvalue weighted by Gasteiger charge is 2.49. The summed E-state index contributed by atoms with van der Waals surface area (Å²) in [7, 11) is 1.98. The lowest BCUT2D eigenvalue weighted by Crippen LogP contribution is -2.33. The molecular formula is C18H24N4O. The molecule has 2 aromatic heterocycles. The summed E-state index contributed by atoms with van der Waals surface area (Å²) in [6, 6.07) is 5.85. The molecule has 0 spiro atoms. The van der Waals surface area contributed by atoms with Crippen LogP contribution < -0.4 is 4.74 Å². The SMILES string of the molecule is Cn1cc(CN2C[C@H]3CCC[C@@]3(COc3ccccn3)C2)cn1. The van der Waals surface area contributed by atoms with E-state index in [1.807, 2.05) is 36.1 Å². The average Bonchev–Trinajstić information content (AvgIpc) is 3.21. The Balaban J connectivity index is 1.42. The summed E-state index contributed by atoms with van der Waals surface area (Å²) in [6.45, 7) is 4.09. The molecule has 1 aliphatic carbocycles. The van der Waals surface area contributed by atoms with Crippen LogP contribution in [0.3, 0.4) is 0 Å². The topological polar surface area (TPSA) is 43.2 Å². The van der Waals surface area contributed by atoms with E-state index in [9.17, 15) is 0 Å². The maximum atomic E-state index is 6.04. The van der Waals surface area contributed by atoms with Crippen LogP contribution in [0.4, 0.5) is 0 Å². The Morgan fingerprint density at radius 1 is 1.39 bits per heavy atom. The number of fused-ring (bicyclic) bond motifs is 1. The number of ether oxygens (including phenoxy) is 1. The van der Waals surface area contributed by atoms with Gasteiger partial charge in [-0.15, -0.1) is 0 Å². The van der Waals surface area contributed by atoms with Crippen LogP contribution in [0.1, 0.15) is 24.8 Å². The average molecular weight is 312 g/mol. The Kier molecular flexibility index (Phi) is 3.81. The molecule has 1 saturated carbocycles. The van der Waals surface area contributed by atoms with Crippen molar-refractivity contribution in [1.82, 2.24) is 19.7 Å². The zero-order chi connectivity index (χ0) is 15.7. The van der Waals surface area contributed by atoms with E-state index in [1.165, 1.54) is 31.4 Å². The summed E-state index contributed by atoms with van der Waals surface area (Å²) >= 11 is 0. The van der Waals surface area contributed by atoms with Crippen LogP contribution in [0.25, 0.3) is 0 Å². The Bertz CT molecular complexity index is 656. The quantitative estimate of drug-likeness (QED) is 0.851. The van der Waals surface area contributed by atoms with Gasteiger partial charge in [0, 0.05) is 56.1 Å². The van der Waals surface area contributed by atoms with Crippen molar-refractivity contribution in [1.29, 1.82) is 0 Å². The number of hydrogen-bond donors (Lipinski definition) is 0. The highest BCUT2D eigenvalue weighted by atomic mass is 16.5. The van der Waals surface area contributed by atoms with Gasteiger partial charge >= 0.3 is 0 Å². The van der Waals surface area contributed by atoms with Gasteiger partial charge in [-0.05, 0) is 24.8 Å². The molecule has 0 N–H and O–H groups in total. The first-order valence-electron chi connectivity index (χ1n) is 8.47. The van der Waals surface area contributed by atoms with Gasteiger partial charge in [0.25, 0.3) is 0 Å². The van der Waals surface area contributed by atoms with E-state index in [0.717, 1.165) is 31.5 Å². The molecule has 2 aromatic rings. The summed E-state index contributed by atoms with van der Waals surface area (Å²) in [6.07, 6.45) is 9.82. The minimum atomic E-state index is 0.305. The fourth-order valence-electron chi connectivity index (χ4n) is 4.34. The number of nitrogens with zero attached hydrogens (tertiary/aromatic N) is 4. The smallest absolute Gasteiger partial charge is 0.213 e. The molecule has 0 bridgehead atoms. The third-order valence-electron chi connectivity index (χ3n) is 5.42. The Labute approximate surface area is 137 Å². The molecule has 122 valence electrons. The Morgan fingerprint density at radius 3 is 3.13 bits per heavy atom. The van der Waals surface area contributed by atoms with Crippen LogP contribution in [0.5, 0.6) is 5.88 Å². The third kappa shape index (κ3) is 2.98. The zero-order valence-electron chi connectivity index (χ0n) is 13.7. The van der Waals surface area contributed by atoms with Gasteiger partial charge < -0.3 is 4.74 Å². The van der Waals surface area contributed by atoms with Gasteiger partial charge in [0.15, 0.2) is 0 Å². The molecule has 3 heterocycles. The largest absolute Gasteiger partial charge is 0.477 e. The van der Waals surface area contributed by atoms with Crippen molar-refractivity contribution in [2.45, 2.75) is 25.8 Å². The first-order valence-corrected chi connectivity index (χ1v) is 8.47. The molecule has 2 atom stereocenters. The van der Waals surface area contributed by atoms with Crippen molar-refractivity contribution in [2.24, 2.45) is 18.4 Å². The van der Waals surface area contributed by atoms with E-state index >= 15 is 0 Å². The van der Waals surface area contributed by atoms with Gasteiger partial charge in [0.05, 0.1) is 12.8 Å². The fourth-order valence-corrected chi connectivity index (χ4v) is 4.34. The highest BCUT2D eigenvalue weighted by Crippen LogP contribution is 2.49. The van der Waals surface area contributed by atoms with E-state index in [1.54, 1.807) is 6.20 Å². The standard InChI is InChI=1S/C18H24N4O/c1-21-10-15(9-20-21)11-22-12-16-5-4-7-18(16,13-22)14-23-17-6-2-3-8-19-17/h2-3,6,8-10,16H,4-5,7,11-14H2,1H3/t16-,18+/m1/s1. The van der Waals surface area contributed by atoms with E-state index in [0.29, 0.717) is 5.41 Å². The second-order valence-electron chi connectivity index (χ2n) is 7.10. The molecule has 5 nitrogen and oxygen atoms in total. The summed E-state index contributed by atoms with van der Waals surface area (Å²) in [5.74, 6) is 1.50. The predicted octanol–water partition coefficient (Wildman–Crippen LogP) is 2.50. The van der Waals surface area contributed by atoms with E-state index < -0.39 is 0 Å². The number of hydrogen-bond acceptors (Lipinski definition) is 4. The second kappa shape index (κ2) is 5.96. The Hall–Kier alpha value is -1.88. The Morgan fingerprint density at radius 2 is 2.35 bits per heavy atom. The molecule has 0 radical (unpaired) electrons. The van der Waals surface area contributed by atoms with Crippen molar-refractivity contribution in [3.63, 3.8) is 0 Å². The molecule has 2 aliphatic rings. The maximum absolute atomic E-state index is 6.04. The molecule has 23 heavy (non-hydrogen) atoms. The molecule has 5 heteroatoms. The van der Waals surface area contributed by atoms with Gasteiger partial charge in [0.1, 0.15) is 0 Å². The second-order valence-corrected chi connectivity index (χ2v) is 7.10. The highest BCUT2D eigenvalue weighted by molar-refractivity contribution is 5.11. The van der Waals surface area contributed by atoms with Crippen LogP contribution in [0.15, 0.2) is 36.8 Å². The van der Waals surface area contributed by atoms with Crippen molar-refractivity contribution >= 4 is 0 Å². The normalized spacial score (nSPS) is 27.3. The van der Waals surface area contributed by atoms with Gasteiger partial charge in [-0.25, -0.2) is 4.98 Å². The minimum Gasteiger partial charge on any atom is -0.477 e. The molecular weight excluding hydrogens is 288 g/mol. The van der Waals surface area contributed by atoms with Crippen LogP contribution in [-0.4, -0.2) is 39.4 Å². The van der Waals surface area contributed by atoms with Crippen molar-refractivity contribution in [2.75, 3.05) is 19.7 Å². The lowest BCUT2D eigenvalue weighted by molar-refractivity contribution is 0.124. The zero-order valence-corrected chi connectivity index (χ0v) is 13.7. The molecule has 0 unspecified atom stereocenters. The van der Waals surface area contributed by atoms with E-state index in [2.05, 4.69) is 21.2 Å². The first-order chi connectivity index (χ1) is 11.2. The van der Waals surface area contributed by atoms with Crippen molar-refractivity contribution in [3.8, 4) is 5.88 Å². The van der Waals surface area contributed by atoms with E-state index in [4.69, 9.17) is 4.74 Å². The molecule has 4 rings (SSSR count). The minimum absolute atomic E-state index is 0.305. The van der Waals surface area contributed by atoms with Crippen molar-refractivity contribution in [3.05, 3.63) is 42.4 Å². The lowest BCUT2D eigenvalue weighted by atomic mass is 9.81. The van der Waals surface area contributed by atoms with Crippen LogP contribution >= 0.6 is 0 Å². The maximum Gasteiger partial charge on any atom is 0.213 e. The molecule has 1 aliphatic heterocycles. The fraction of sp³-hybridized carbons (Fsp3) is 0.556. The number of aryl methyl sites for hydroxylation is 1. The molecule has 0 amide bonds. The van der Waals surface area contributed by atoms with Crippen LogP contribution in [-0.2, 0) is 13.6 Å².